The van der Waals surface area contributed by atoms with Crippen LogP contribution in [0.15, 0.2) is 54.6 Å². The molecular weight excluding hydrogens is 322 g/mol. The molecule has 1 fully saturated rings. The summed E-state index contributed by atoms with van der Waals surface area (Å²) in [7, 11) is 0. The number of nitrogens with zero attached hydrogens (tertiary/aromatic N) is 2. The number of rotatable bonds is 5. The van der Waals surface area contributed by atoms with Gasteiger partial charge in [0.2, 0.25) is 5.91 Å². The molecule has 1 saturated heterocycles. The average Bonchev–Trinajstić information content (AvgIpc) is 3.07. The lowest BCUT2D eigenvalue weighted by Crippen LogP contribution is -2.47. The maximum Gasteiger partial charge on any atom is 0.239 e. The summed E-state index contributed by atoms with van der Waals surface area (Å²) in [5.41, 5.74) is 3.94. The molecule has 4 heteroatoms. The Bertz CT molecular complexity index is 738. The van der Waals surface area contributed by atoms with Crippen LogP contribution in [0.1, 0.15) is 24.0 Å². The third-order valence-corrected chi connectivity index (χ3v) is 5.52. The molecule has 4 rings (SSSR count). The van der Waals surface area contributed by atoms with Gasteiger partial charge in [-0.15, -0.1) is 0 Å². The number of likely N-dealkylation sites (tertiary alicyclic amines) is 1. The topological polar surface area (TPSA) is 35.6 Å². The Balaban J connectivity index is 1.23. The summed E-state index contributed by atoms with van der Waals surface area (Å²) in [6, 6.07) is 19.3. The molecule has 0 atom stereocenters. The third-order valence-electron chi connectivity index (χ3n) is 5.52. The quantitative estimate of drug-likeness (QED) is 0.902. The monoisotopic (exact) mass is 349 g/mol. The van der Waals surface area contributed by atoms with E-state index in [2.05, 4.69) is 69.7 Å². The van der Waals surface area contributed by atoms with E-state index in [0.717, 1.165) is 45.4 Å². The van der Waals surface area contributed by atoms with Gasteiger partial charge < -0.3 is 10.2 Å². The maximum absolute atomic E-state index is 12.5. The zero-order valence-electron chi connectivity index (χ0n) is 15.2. The number of piperidine rings is 1. The number of anilines is 1. The molecule has 0 spiro atoms. The molecule has 2 aromatic rings. The SMILES string of the molecule is O=C(CN1CCc2ccccc21)NC1CCN(Cc2ccccc2)CC1. The van der Waals surface area contributed by atoms with Gasteiger partial charge >= 0.3 is 0 Å². The molecule has 0 unspecified atom stereocenters. The number of amides is 1. The number of hydrogen-bond donors (Lipinski definition) is 1. The molecule has 0 aliphatic carbocycles. The van der Waals surface area contributed by atoms with E-state index >= 15 is 0 Å². The lowest BCUT2D eigenvalue weighted by Gasteiger charge is -2.32. The van der Waals surface area contributed by atoms with Crippen LogP contribution in [0.3, 0.4) is 0 Å². The van der Waals surface area contributed by atoms with Crippen molar-refractivity contribution in [2.24, 2.45) is 0 Å². The van der Waals surface area contributed by atoms with Gasteiger partial charge in [-0.1, -0.05) is 48.5 Å². The van der Waals surface area contributed by atoms with Crippen molar-refractivity contribution in [3.8, 4) is 0 Å². The molecule has 2 aromatic carbocycles. The second kappa shape index (κ2) is 7.92. The highest BCUT2D eigenvalue weighted by Gasteiger charge is 2.24. The van der Waals surface area contributed by atoms with Gasteiger partial charge in [-0.25, -0.2) is 0 Å². The molecule has 0 bridgehead atoms. The van der Waals surface area contributed by atoms with Crippen LogP contribution < -0.4 is 10.2 Å². The molecule has 26 heavy (non-hydrogen) atoms. The molecule has 136 valence electrons. The van der Waals surface area contributed by atoms with E-state index in [9.17, 15) is 4.79 Å². The predicted octanol–water partition coefficient (Wildman–Crippen LogP) is 2.83. The minimum atomic E-state index is 0.156. The first-order chi connectivity index (χ1) is 12.8. The van der Waals surface area contributed by atoms with Crippen molar-refractivity contribution in [1.29, 1.82) is 0 Å². The summed E-state index contributed by atoms with van der Waals surface area (Å²) in [5.74, 6) is 0.156. The van der Waals surface area contributed by atoms with E-state index in [0.29, 0.717) is 12.6 Å². The Kier molecular flexibility index (Phi) is 5.21. The van der Waals surface area contributed by atoms with Crippen molar-refractivity contribution in [3.63, 3.8) is 0 Å². The first-order valence-electron chi connectivity index (χ1n) is 9.66. The van der Waals surface area contributed by atoms with E-state index in [4.69, 9.17) is 0 Å². The van der Waals surface area contributed by atoms with Crippen LogP contribution in [0.2, 0.25) is 0 Å². The Hall–Kier alpha value is -2.33. The maximum atomic E-state index is 12.5. The zero-order chi connectivity index (χ0) is 17.8. The van der Waals surface area contributed by atoms with E-state index in [1.165, 1.54) is 16.8 Å². The summed E-state index contributed by atoms with van der Waals surface area (Å²) in [5, 5.41) is 3.25. The highest BCUT2D eigenvalue weighted by molar-refractivity contribution is 5.82. The Morgan fingerprint density at radius 2 is 1.69 bits per heavy atom. The highest BCUT2D eigenvalue weighted by Crippen LogP contribution is 2.26. The average molecular weight is 349 g/mol. The van der Waals surface area contributed by atoms with Crippen molar-refractivity contribution in [2.45, 2.75) is 31.8 Å². The molecular formula is C22H27N3O. The largest absolute Gasteiger partial charge is 0.362 e. The van der Waals surface area contributed by atoms with Crippen molar-refractivity contribution < 1.29 is 4.79 Å². The number of hydrogen-bond acceptors (Lipinski definition) is 3. The van der Waals surface area contributed by atoms with Gasteiger partial charge in [-0.3, -0.25) is 9.69 Å². The molecule has 1 amide bonds. The van der Waals surface area contributed by atoms with Crippen LogP contribution in [-0.2, 0) is 17.8 Å². The van der Waals surface area contributed by atoms with Crippen LogP contribution in [0.4, 0.5) is 5.69 Å². The summed E-state index contributed by atoms with van der Waals surface area (Å²) in [6.07, 6.45) is 3.12. The van der Waals surface area contributed by atoms with Crippen molar-refractivity contribution in [2.75, 3.05) is 31.1 Å². The van der Waals surface area contributed by atoms with Gasteiger partial charge in [0.15, 0.2) is 0 Å². The zero-order valence-corrected chi connectivity index (χ0v) is 15.2. The highest BCUT2D eigenvalue weighted by atomic mass is 16.2. The van der Waals surface area contributed by atoms with Crippen LogP contribution >= 0.6 is 0 Å². The van der Waals surface area contributed by atoms with Crippen molar-refractivity contribution in [3.05, 3.63) is 65.7 Å². The first kappa shape index (κ1) is 17.1. The Morgan fingerprint density at radius 3 is 2.50 bits per heavy atom. The molecule has 2 aliphatic rings. The van der Waals surface area contributed by atoms with E-state index < -0.39 is 0 Å². The van der Waals surface area contributed by atoms with Crippen LogP contribution in [0.25, 0.3) is 0 Å². The molecule has 2 aliphatic heterocycles. The predicted molar refractivity (Wildman–Crippen MR) is 105 cm³/mol. The number of carbonyl (C=O) groups excluding carboxylic acids is 1. The fraction of sp³-hybridized carbons (Fsp3) is 0.409. The van der Waals surface area contributed by atoms with Gasteiger partial charge in [0.25, 0.3) is 0 Å². The molecule has 0 radical (unpaired) electrons. The fourth-order valence-electron chi connectivity index (χ4n) is 4.09. The van der Waals surface area contributed by atoms with Gasteiger partial charge in [-0.05, 0) is 36.5 Å². The number of fused-ring (bicyclic) bond motifs is 1. The third kappa shape index (κ3) is 4.07. The van der Waals surface area contributed by atoms with Gasteiger partial charge in [0.05, 0.1) is 6.54 Å². The molecule has 1 N–H and O–H groups in total. The molecule has 0 saturated carbocycles. The fourth-order valence-corrected chi connectivity index (χ4v) is 4.09. The molecule has 2 heterocycles. The molecule has 4 nitrogen and oxygen atoms in total. The van der Waals surface area contributed by atoms with Crippen LogP contribution in [0, 0.1) is 0 Å². The Labute approximate surface area is 155 Å². The lowest BCUT2D eigenvalue weighted by atomic mass is 10.0. The molecule has 0 aromatic heterocycles. The summed E-state index contributed by atoms with van der Waals surface area (Å²) < 4.78 is 0. The first-order valence-corrected chi connectivity index (χ1v) is 9.66. The Morgan fingerprint density at radius 1 is 0.962 bits per heavy atom. The summed E-state index contributed by atoms with van der Waals surface area (Å²) in [6.45, 7) is 4.52. The number of nitrogens with one attached hydrogen (secondary N) is 1. The van der Waals surface area contributed by atoms with Crippen molar-refractivity contribution >= 4 is 11.6 Å². The smallest absolute Gasteiger partial charge is 0.239 e. The number of benzene rings is 2. The van der Waals surface area contributed by atoms with E-state index in [1.54, 1.807) is 0 Å². The summed E-state index contributed by atoms with van der Waals surface area (Å²) in [4.78, 5) is 17.2. The lowest BCUT2D eigenvalue weighted by molar-refractivity contribution is -0.120. The van der Waals surface area contributed by atoms with Crippen LogP contribution in [0.5, 0.6) is 0 Å². The van der Waals surface area contributed by atoms with Crippen LogP contribution in [-0.4, -0.2) is 43.0 Å². The van der Waals surface area contributed by atoms with Gasteiger partial charge in [0.1, 0.15) is 0 Å². The van der Waals surface area contributed by atoms with E-state index in [1.807, 2.05) is 0 Å². The van der Waals surface area contributed by atoms with E-state index in [-0.39, 0.29) is 5.91 Å². The van der Waals surface area contributed by atoms with Gasteiger partial charge in [0, 0.05) is 37.9 Å². The second-order valence-electron chi connectivity index (χ2n) is 7.40. The number of carbonyl (C=O) groups is 1. The normalized spacial score (nSPS) is 17.9. The standard InChI is InChI=1S/C22H27N3O/c26-22(17-25-15-10-19-8-4-5-9-21(19)25)23-20-11-13-24(14-12-20)16-18-6-2-1-3-7-18/h1-9,20H,10-17H2,(H,23,26). The minimum absolute atomic E-state index is 0.156. The van der Waals surface area contributed by atoms with Crippen molar-refractivity contribution in [1.82, 2.24) is 10.2 Å². The van der Waals surface area contributed by atoms with Gasteiger partial charge in [-0.2, -0.15) is 0 Å². The second-order valence-corrected chi connectivity index (χ2v) is 7.40. The summed E-state index contributed by atoms with van der Waals surface area (Å²) >= 11 is 0. The number of para-hydroxylation sites is 1. The minimum Gasteiger partial charge on any atom is -0.362 e.